The molecular weight excluding hydrogens is 378 g/mol. The minimum absolute atomic E-state index is 0.0174. The number of fused-ring (bicyclic) bond motifs is 1. The van der Waals surface area contributed by atoms with Gasteiger partial charge >= 0.3 is 5.69 Å². The van der Waals surface area contributed by atoms with Gasteiger partial charge in [0.25, 0.3) is 0 Å². The van der Waals surface area contributed by atoms with Crippen LogP contribution in [0.2, 0.25) is 0 Å². The summed E-state index contributed by atoms with van der Waals surface area (Å²) in [7, 11) is 0. The first-order valence-electron chi connectivity index (χ1n) is 8.55. The summed E-state index contributed by atoms with van der Waals surface area (Å²) in [4.78, 5) is 30.5. The Hall–Kier alpha value is -4.21. The lowest BCUT2D eigenvalue weighted by Crippen LogP contribution is -2.05. The van der Waals surface area contributed by atoms with Gasteiger partial charge in [0.05, 0.1) is 4.92 Å². The van der Waals surface area contributed by atoms with Gasteiger partial charge in [0.1, 0.15) is 6.33 Å². The molecule has 0 atom stereocenters. The SMILES string of the molecule is CC(=O)c1ccc(Nc2ncnc(Nc3ccc4c(c3)OCO4)c2[N+](=O)[O-])cc1. The third-order valence-corrected chi connectivity index (χ3v) is 4.19. The van der Waals surface area contributed by atoms with Crippen molar-refractivity contribution in [2.75, 3.05) is 17.4 Å². The number of ether oxygens (including phenoxy) is 2. The van der Waals surface area contributed by atoms with E-state index in [4.69, 9.17) is 9.47 Å². The molecule has 0 unspecified atom stereocenters. The Morgan fingerprint density at radius 1 is 1.00 bits per heavy atom. The Morgan fingerprint density at radius 2 is 1.62 bits per heavy atom. The van der Waals surface area contributed by atoms with E-state index in [9.17, 15) is 14.9 Å². The summed E-state index contributed by atoms with van der Waals surface area (Å²) < 4.78 is 10.6. The van der Waals surface area contributed by atoms with E-state index in [2.05, 4.69) is 20.6 Å². The van der Waals surface area contributed by atoms with E-state index in [1.807, 2.05) is 0 Å². The van der Waals surface area contributed by atoms with E-state index in [0.29, 0.717) is 28.4 Å². The molecule has 0 saturated heterocycles. The van der Waals surface area contributed by atoms with Crippen molar-refractivity contribution < 1.29 is 19.2 Å². The maximum Gasteiger partial charge on any atom is 0.353 e. The van der Waals surface area contributed by atoms with Crippen LogP contribution < -0.4 is 20.1 Å². The highest BCUT2D eigenvalue weighted by atomic mass is 16.7. The average molecular weight is 393 g/mol. The Bertz CT molecular complexity index is 1100. The Kier molecular flexibility index (Phi) is 4.65. The number of Topliss-reactive ketones (excluding diaryl/α,β-unsaturated/α-hetero) is 1. The van der Waals surface area contributed by atoms with E-state index in [1.165, 1.54) is 13.3 Å². The van der Waals surface area contributed by atoms with Crippen LogP contribution in [0, 0.1) is 10.1 Å². The number of benzene rings is 2. The van der Waals surface area contributed by atoms with Crippen LogP contribution in [0.15, 0.2) is 48.8 Å². The van der Waals surface area contributed by atoms with E-state index < -0.39 is 4.92 Å². The molecule has 4 rings (SSSR count). The molecular formula is C19H15N5O5. The van der Waals surface area contributed by atoms with Crippen LogP contribution in [0.4, 0.5) is 28.7 Å². The fourth-order valence-corrected chi connectivity index (χ4v) is 2.77. The highest BCUT2D eigenvalue weighted by molar-refractivity contribution is 5.94. The molecule has 0 aliphatic carbocycles. The summed E-state index contributed by atoms with van der Waals surface area (Å²) in [5.74, 6) is 1.11. The van der Waals surface area contributed by atoms with Crippen LogP contribution in [-0.2, 0) is 0 Å². The first-order valence-corrected chi connectivity index (χ1v) is 8.55. The van der Waals surface area contributed by atoms with Crippen molar-refractivity contribution >= 4 is 34.5 Å². The van der Waals surface area contributed by atoms with Gasteiger partial charge in [-0.25, -0.2) is 9.97 Å². The molecule has 1 aliphatic rings. The number of ketones is 1. The van der Waals surface area contributed by atoms with Gasteiger partial charge in [-0.1, -0.05) is 0 Å². The normalized spacial score (nSPS) is 11.8. The summed E-state index contributed by atoms with van der Waals surface area (Å²) >= 11 is 0. The Morgan fingerprint density at radius 3 is 2.28 bits per heavy atom. The number of rotatable bonds is 6. The molecule has 1 aromatic heterocycles. The van der Waals surface area contributed by atoms with Crippen LogP contribution in [0.1, 0.15) is 17.3 Å². The smallest absolute Gasteiger partial charge is 0.353 e. The Labute approximate surface area is 164 Å². The molecule has 0 radical (unpaired) electrons. The number of hydrogen-bond acceptors (Lipinski definition) is 9. The summed E-state index contributed by atoms with van der Waals surface area (Å²) in [6.45, 7) is 1.59. The zero-order chi connectivity index (χ0) is 20.4. The van der Waals surface area contributed by atoms with Crippen LogP contribution >= 0.6 is 0 Å². The monoisotopic (exact) mass is 393 g/mol. The number of hydrogen-bond donors (Lipinski definition) is 2. The minimum atomic E-state index is -0.568. The van der Waals surface area contributed by atoms with Gasteiger partial charge in [-0.15, -0.1) is 0 Å². The van der Waals surface area contributed by atoms with Crippen LogP contribution in [-0.4, -0.2) is 27.5 Å². The summed E-state index contributed by atoms with van der Waals surface area (Å²) in [5.41, 5.74) is 1.32. The molecule has 0 saturated carbocycles. The predicted octanol–water partition coefficient (Wildman–Crippen LogP) is 3.80. The van der Waals surface area contributed by atoms with Crippen LogP contribution in [0.5, 0.6) is 11.5 Å². The Balaban J connectivity index is 1.63. The second-order valence-electron chi connectivity index (χ2n) is 6.13. The van der Waals surface area contributed by atoms with Crippen molar-refractivity contribution in [3.05, 3.63) is 64.5 Å². The number of anilines is 4. The number of nitrogens with one attached hydrogen (secondary N) is 2. The minimum Gasteiger partial charge on any atom is -0.454 e. The molecule has 0 spiro atoms. The van der Waals surface area contributed by atoms with E-state index in [-0.39, 0.29) is 29.9 Å². The second kappa shape index (κ2) is 7.43. The molecule has 2 heterocycles. The van der Waals surface area contributed by atoms with Gasteiger partial charge in [0.15, 0.2) is 17.3 Å². The van der Waals surface area contributed by atoms with E-state index >= 15 is 0 Å². The van der Waals surface area contributed by atoms with Crippen molar-refractivity contribution in [2.24, 2.45) is 0 Å². The molecule has 2 N–H and O–H groups in total. The number of carbonyl (C=O) groups is 1. The first kappa shape index (κ1) is 18.2. The quantitative estimate of drug-likeness (QED) is 0.365. The largest absolute Gasteiger partial charge is 0.454 e. The van der Waals surface area contributed by atoms with Gasteiger partial charge in [-0.3, -0.25) is 14.9 Å². The van der Waals surface area contributed by atoms with Gasteiger partial charge in [-0.05, 0) is 43.3 Å². The number of aromatic nitrogens is 2. The lowest BCUT2D eigenvalue weighted by molar-refractivity contribution is -0.383. The number of carbonyl (C=O) groups excluding carboxylic acids is 1. The third kappa shape index (κ3) is 3.76. The van der Waals surface area contributed by atoms with Crippen LogP contribution in [0.25, 0.3) is 0 Å². The molecule has 1 aliphatic heterocycles. The van der Waals surface area contributed by atoms with Crippen molar-refractivity contribution in [1.29, 1.82) is 0 Å². The molecule has 0 amide bonds. The summed E-state index contributed by atoms with van der Waals surface area (Å²) in [5, 5.41) is 17.5. The van der Waals surface area contributed by atoms with E-state index in [1.54, 1.807) is 42.5 Å². The molecule has 10 heteroatoms. The third-order valence-electron chi connectivity index (χ3n) is 4.19. The molecule has 146 valence electrons. The highest BCUT2D eigenvalue weighted by Gasteiger charge is 2.24. The molecule has 0 fully saturated rings. The van der Waals surface area contributed by atoms with Crippen molar-refractivity contribution in [2.45, 2.75) is 6.92 Å². The predicted molar refractivity (Wildman–Crippen MR) is 104 cm³/mol. The van der Waals surface area contributed by atoms with Crippen molar-refractivity contribution in [1.82, 2.24) is 9.97 Å². The summed E-state index contributed by atoms with van der Waals surface area (Å²) in [6, 6.07) is 11.6. The van der Waals surface area contributed by atoms with Gasteiger partial charge < -0.3 is 20.1 Å². The fraction of sp³-hybridized carbons (Fsp3) is 0.105. The van der Waals surface area contributed by atoms with Crippen molar-refractivity contribution in [3.8, 4) is 11.5 Å². The highest BCUT2D eigenvalue weighted by Crippen LogP contribution is 2.37. The average Bonchev–Trinajstić information content (AvgIpc) is 3.16. The molecule has 3 aromatic rings. The first-order chi connectivity index (χ1) is 14.0. The standard InChI is InChI=1S/C19H15N5O5/c1-11(25)12-2-4-13(5-3-12)22-18-17(24(26)27)19(21-9-20-18)23-14-6-7-15-16(8-14)29-10-28-15/h2-9H,10H2,1H3,(H2,20,21,22,23). The topological polar surface area (TPSA) is 129 Å². The van der Waals surface area contributed by atoms with Gasteiger partial charge in [-0.2, -0.15) is 0 Å². The van der Waals surface area contributed by atoms with Gasteiger partial charge in [0, 0.05) is 23.0 Å². The molecule has 10 nitrogen and oxygen atoms in total. The summed E-state index contributed by atoms with van der Waals surface area (Å²) in [6.07, 6.45) is 1.22. The zero-order valence-electron chi connectivity index (χ0n) is 15.2. The fourth-order valence-electron chi connectivity index (χ4n) is 2.77. The van der Waals surface area contributed by atoms with Gasteiger partial charge in [0.2, 0.25) is 18.4 Å². The number of nitro groups is 1. The molecule has 0 bridgehead atoms. The van der Waals surface area contributed by atoms with Crippen LogP contribution in [0.3, 0.4) is 0 Å². The molecule has 2 aromatic carbocycles. The zero-order valence-corrected chi connectivity index (χ0v) is 15.2. The maximum atomic E-state index is 11.7. The van der Waals surface area contributed by atoms with E-state index in [0.717, 1.165) is 0 Å². The second-order valence-corrected chi connectivity index (χ2v) is 6.13. The lowest BCUT2D eigenvalue weighted by atomic mass is 10.1. The number of nitrogens with zero attached hydrogens (tertiary/aromatic N) is 3. The maximum absolute atomic E-state index is 11.7. The lowest BCUT2D eigenvalue weighted by Gasteiger charge is -2.10. The molecule has 29 heavy (non-hydrogen) atoms. The van der Waals surface area contributed by atoms with Crippen molar-refractivity contribution in [3.63, 3.8) is 0 Å².